The first-order valence-corrected chi connectivity index (χ1v) is 10.8. The molecule has 1 amide bonds. The summed E-state index contributed by atoms with van der Waals surface area (Å²) in [4.78, 5) is 24.1. The second kappa shape index (κ2) is 10.6. The molecule has 0 spiro atoms. The van der Waals surface area contributed by atoms with Crippen LogP contribution < -0.4 is 10.1 Å². The van der Waals surface area contributed by atoms with Gasteiger partial charge in [0, 0.05) is 12.1 Å². The van der Waals surface area contributed by atoms with Gasteiger partial charge < -0.3 is 14.8 Å². The molecule has 0 fully saturated rings. The topological polar surface area (TPSA) is 64.6 Å². The summed E-state index contributed by atoms with van der Waals surface area (Å²) in [5, 5.41) is 2.95. The van der Waals surface area contributed by atoms with Gasteiger partial charge in [0.2, 0.25) is 0 Å². The van der Waals surface area contributed by atoms with Crippen LogP contribution in [-0.4, -0.2) is 30.6 Å². The number of carbonyl (C=O) groups is 2. The SMILES string of the molecule is CCOC(=O)C(C)(C)Oc1ccc(-c2ccc(CCNC(=O)c3ccccc3)cc2)cc1. The molecule has 0 saturated heterocycles. The minimum atomic E-state index is -1.05. The van der Waals surface area contributed by atoms with Crippen LogP contribution in [0.5, 0.6) is 5.75 Å². The van der Waals surface area contributed by atoms with Crippen molar-refractivity contribution in [3.63, 3.8) is 0 Å². The monoisotopic (exact) mass is 431 g/mol. The van der Waals surface area contributed by atoms with Gasteiger partial charge in [-0.3, -0.25) is 4.79 Å². The molecule has 0 unspecified atom stereocenters. The molecule has 32 heavy (non-hydrogen) atoms. The van der Waals surface area contributed by atoms with E-state index >= 15 is 0 Å². The third-order valence-corrected chi connectivity index (χ3v) is 5.02. The van der Waals surface area contributed by atoms with Crippen molar-refractivity contribution in [2.45, 2.75) is 32.8 Å². The average Bonchev–Trinajstić information content (AvgIpc) is 2.80. The smallest absolute Gasteiger partial charge is 0.349 e. The normalized spacial score (nSPS) is 11.0. The first-order chi connectivity index (χ1) is 15.4. The van der Waals surface area contributed by atoms with Crippen molar-refractivity contribution in [1.29, 1.82) is 0 Å². The fraction of sp³-hybridized carbons (Fsp3) is 0.259. The lowest BCUT2D eigenvalue weighted by molar-refractivity contribution is -0.158. The molecule has 3 aromatic rings. The van der Waals surface area contributed by atoms with Gasteiger partial charge in [-0.05, 0) is 68.1 Å². The van der Waals surface area contributed by atoms with E-state index in [0.29, 0.717) is 24.5 Å². The van der Waals surface area contributed by atoms with Crippen molar-refractivity contribution in [3.05, 3.63) is 90.0 Å². The maximum Gasteiger partial charge on any atom is 0.349 e. The van der Waals surface area contributed by atoms with E-state index in [4.69, 9.17) is 9.47 Å². The highest BCUT2D eigenvalue weighted by Crippen LogP contribution is 2.25. The fourth-order valence-electron chi connectivity index (χ4n) is 3.23. The molecule has 0 heterocycles. The summed E-state index contributed by atoms with van der Waals surface area (Å²) in [5.74, 6) is 0.160. The van der Waals surface area contributed by atoms with E-state index in [-0.39, 0.29) is 11.9 Å². The van der Waals surface area contributed by atoms with E-state index < -0.39 is 5.60 Å². The van der Waals surface area contributed by atoms with E-state index in [1.54, 1.807) is 32.9 Å². The van der Waals surface area contributed by atoms with Crippen molar-refractivity contribution in [3.8, 4) is 16.9 Å². The van der Waals surface area contributed by atoms with Crippen LogP contribution in [0, 0.1) is 0 Å². The van der Waals surface area contributed by atoms with E-state index in [2.05, 4.69) is 29.6 Å². The Bertz CT molecular complexity index is 1030. The Labute approximate surface area is 189 Å². The van der Waals surface area contributed by atoms with Gasteiger partial charge in [-0.2, -0.15) is 0 Å². The predicted molar refractivity (Wildman–Crippen MR) is 126 cm³/mol. The summed E-state index contributed by atoms with van der Waals surface area (Å²) in [6.07, 6.45) is 0.759. The number of hydrogen-bond acceptors (Lipinski definition) is 4. The molecule has 0 aliphatic carbocycles. The highest BCUT2D eigenvalue weighted by Gasteiger charge is 2.31. The third-order valence-electron chi connectivity index (χ3n) is 5.02. The second-order valence-electron chi connectivity index (χ2n) is 7.93. The zero-order chi connectivity index (χ0) is 23.0. The summed E-state index contributed by atoms with van der Waals surface area (Å²) in [7, 11) is 0. The van der Waals surface area contributed by atoms with Crippen molar-refractivity contribution in [2.24, 2.45) is 0 Å². The minimum absolute atomic E-state index is 0.0596. The molecule has 0 aliphatic heterocycles. The second-order valence-corrected chi connectivity index (χ2v) is 7.93. The van der Waals surface area contributed by atoms with E-state index in [0.717, 1.165) is 23.1 Å². The van der Waals surface area contributed by atoms with E-state index in [1.165, 1.54) is 0 Å². The van der Waals surface area contributed by atoms with Crippen LogP contribution in [0.15, 0.2) is 78.9 Å². The Morgan fingerprint density at radius 2 is 1.44 bits per heavy atom. The molecule has 0 radical (unpaired) electrons. The van der Waals surface area contributed by atoms with Crippen LogP contribution >= 0.6 is 0 Å². The molecule has 3 rings (SSSR count). The summed E-state index contributed by atoms with van der Waals surface area (Å²) in [5.41, 5.74) is 2.91. The first kappa shape index (κ1) is 23.1. The number of nitrogens with one attached hydrogen (secondary N) is 1. The molecule has 5 heteroatoms. The van der Waals surface area contributed by atoms with Crippen molar-refractivity contribution >= 4 is 11.9 Å². The highest BCUT2D eigenvalue weighted by molar-refractivity contribution is 5.94. The van der Waals surface area contributed by atoms with Crippen LogP contribution in [0.4, 0.5) is 0 Å². The van der Waals surface area contributed by atoms with Crippen molar-refractivity contribution < 1.29 is 19.1 Å². The van der Waals surface area contributed by atoms with Crippen LogP contribution in [0.25, 0.3) is 11.1 Å². The molecule has 0 aromatic heterocycles. The third kappa shape index (κ3) is 6.20. The fourth-order valence-corrected chi connectivity index (χ4v) is 3.23. The quantitative estimate of drug-likeness (QED) is 0.482. The zero-order valence-electron chi connectivity index (χ0n) is 18.8. The maximum absolute atomic E-state index is 12.1. The number of carbonyl (C=O) groups excluding carboxylic acids is 2. The van der Waals surface area contributed by atoms with Gasteiger partial charge in [0.15, 0.2) is 5.60 Å². The number of rotatable bonds is 9. The summed E-state index contributed by atoms with van der Waals surface area (Å²) in [6, 6.07) is 25.1. The number of esters is 1. The molecule has 166 valence electrons. The summed E-state index contributed by atoms with van der Waals surface area (Å²) >= 11 is 0. The Hall–Kier alpha value is -3.60. The minimum Gasteiger partial charge on any atom is -0.476 e. The molecule has 0 aliphatic rings. The Morgan fingerprint density at radius 3 is 2.03 bits per heavy atom. The van der Waals surface area contributed by atoms with Gasteiger partial charge in [0.25, 0.3) is 5.91 Å². The van der Waals surface area contributed by atoms with Gasteiger partial charge in [0.05, 0.1) is 6.61 Å². The van der Waals surface area contributed by atoms with Crippen LogP contribution in [-0.2, 0) is 16.0 Å². The maximum atomic E-state index is 12.1. The van der Waals surface area contributed by atoms with Gasteiger partial charge in [-0.1, -0.05) is 54.6 Å². The standard InChI is InChI=1S/C27H29NO4/c1-4-31-26(30)27(2,3)32-24-16-14-22(15-17-24)21-12-10-20(11-13-21)18-19-28-25(29)23-8-6-5-7-9-23/h5-17H,4,18-19H2,1-3H3,(H,28,29). The summed E-state index contributed by atoms with van der Waals surface area (Å²) in [6.45, 7) is 6.06. The largest absolute Gasteiger partial charge is 0.476 e. The molecular weight excluding hydrogens is 402 g/mol. The number of hydrogen-bond donors (Lipinski definition) is 1. The van der Waals surface area contributed by atoms with E-state index in [9.17, 15) is 9.59 Å². The molecule has 0 bridgehead atoms. The summed E-state index contributed by atoms with van der Waals surface area (Å²) < 4.78 is 10.9. The molecule has 1 N–H and O–H groups in total. The molecule has 5 nitrogen and oxygen atoms in total. The van der Waals surface area contributed by atoms with Crippen molar-refractivity contribution in [2.75, 3.05) is 13.2 Å². The van der Waals surface area contributed by atoms with Gasteiger partial charge in [0.1, 0.15) is 5.75 Å². The Morgan fingerprint density at radius 1 is 0.844 bits per heavy atom. The Kier molecular flexibility index (Phi) is 7.66. The van der Waals surface area contributed by atoms with Crippen LogP contribution in [0.2, 0.25) is 0 Å². The average molecular weight is 432 g/mol. The predicted octanol–water partition coefficient (Wildman–Crippen LogP) is 5.05. The lowest BCUT2D eigenvalue weighted by Gasteiger charge is -2.24. The van der Waals surface area contributed by atoms with Gasteiger partial charge >= 0.3 is 5.97 Å². The lowest BCUT2D eigenvalue weighted by atomic mass is 10.0. The zero-order valence-corrected chi connectivity index (χ0v) is 18.8. The Balaban J connectivity index is 1.54. The van der Waals surface area contributed by atoms with Crippen molar-refractivity contribution in [1.82, 2.24) is 5.32 Å². The van der Waals surface area contributed by atoms with Crippen LogP contribution in [0.1, 0.15) is 36.7 Å². The first-order valence-electron chi connectivity index (χ1n) is 10.8. The van der Waals surface area contributed by atoms with Gasteiger partial charge in [-0.25, -0.2) is 4.79 Å². The lowest BCUT2D eigenvalue weighted by Crippen LogP contribution is -2.39. The molecule has 0 saturated carbocycles. The number of ether oxygens (including phenoxy) is 2. The molecule has 0 atom stereocenters. The van der Waals surface area contributed by atoms with E-state index in [1.807, 2.05) is 42.5 Å². The van der Waals surface area contributed by atoms with Crippen LogP contribution in [0.3, 0.4) is 0 Å². The van der Waals surface area contributed by atoms with Gasteiger partial charge in [-0.15, -0.1) is 0 Å². The molecular formula is C27H29NO4. The number of amides is 1. The molecule has 3 aromatic carbocycles. The number of benzene rings is 3. The highest BCUT2D eigenvalue weighted by atomic mass is 16.6.